The van der Waals surface area contributed by atoms with E-state index < -0.39 is 10.5 Å². The highest BCUT2D eigenvalue weighted by Crippen LogP contribution is 2.27. The van der Waals surface area contributed by atoms with Crippen LogP contribution in [0, 0.1) is 28.4 Å². The van der Waals surface area contributed by atoms with Crippen LogP contribution in [-0.4, -0.2) is 24.1 Å². The minimum atomic E-state index is -0.512. The Balaban J connectivity index is 2.46. The lowest BCUT2D eigenvalue weighted by Crippen LogP contribution is -2.37. The summed E-state index contributed by atoms with van der Waals surface area (Å²) >= 11 is 0. The van der Waals surface area contributed by atoms with Crippen LogP contribution in [0.5, 0.6) is 5.75 Å². The molecule has 1 atom stereocenters. The number of nitro benzene ring substituents is 1. The average molecular weight is 291 g/mol. The molecule has 0 saturated carbocycles. The molecule has 1 unspecified atom stereocenters. The van der Waals surface area contributed by atoms with Gasteiger partial charge in [0.15, 0.2) is 0 Å². The summed E-state index contributed by atoms with van der Waals surface area (Å²) in [7, 11) is 1.77. The van der Waals surface area contributed by atoms with Crippen molar-refractivity contribution in [3.63, 3.8) is 0 Å². The third kappa shape index (κ3) is 4.72. The van der Waals surface area contributed by atoms with Crippen molar-refractivity contribution in [1.82, 2.24) is 5.32 Å². The summed E-state index contributed by atoms with van der Waals surface area (Å²) in [6.07, 6.45) is 2.37. The van der Waals surface area contributed by atoms with Crippen LogP contribution in [0.1, 0.15) is 31.7 Å². The number of nitro groups is 1. The molecule has 6 heteroatoms. The smallest absolute Gasteiger partial charge is 0.276 e. The summed E-state index contributed by atoms with van der Waals surface area (Å²) in [5.74, 6) is 0.542. The second-order valence-corrected chi connectivity index (χ2v) is 5.16. The van der Waals surface area contributed by atoms with Crippen molar-refractivity contribution >= 4 is 5.69 Å². The molecule has 1 aromatic rings. The zero-order valence-electron chi connectivity index (χ0n) is 12.7. The molecular formula is C15H21N3O3. The van der Waals surface area contributed by atoms with Gasteiger partial charge in [-0.2, -0.15) is 5.26 Å². The fraction of sp³-hybridized carbons (Fsp3) is 0.533. The van der Waals surface area contributed by atoms with Crippen LogP contribution in [0.4, 0.5) is 5.69 Å². The quantitative estimate of drug-likeness (QED) is 0.452. The lowest BCUT2D eigenvalue weighted by molar-refractivity contribution is -0.385. The SMILES string of the molecule is CNC(C)(C#N)CCCCOc1cccc([N+](=O)[O-])c1C. The van der Waals surface area contributed by atoms with E-state index >= 15 is 0 Å². The lowest BCUT2D eigenvalue weighted by atomic mass is 9.97. The number of hydrogen-bond donors (Lipinski definition) is 1. The first kappa shape index (κ1) is 16.9. The van der Waals surface area contributed by atoms with E-state index in [0.717, 1.165) is 19.3 Å². The molecule has 0 amide bonds. The largest absolute Gasteiger partial charge is 0.493 e. The number of nitrogens with one attached hydrogen (secondary N) is 1. The topological polar surface area (TPSA) is 88.2 Å². The molecule has 114 valence electrons. The Labute approximate surface area is 124 Å². The molecule has 1 N–H and O–H groups in total. The van der Waals surface area contributed by atoms with E-state index in [0.29, 0.717) is 17.9 Å². The van der Waals surface area contributed by atoms with Gasteiger partial charge in [-0.05, 0) is 46.2 Å². The van der Waals surface area contributed by atoms with Gasteiger partial charge in [-0.1, -0.05) is 6.07 Å². The van der Waals surface area contributed by atoms with Crippen LogP contribution in [0.15, 0.2) is 18.2 Å². The second kappa shape index (κ2) is 7.60. The van der Waals surface area contributed by atoms with Gasteiger partial charge < -0.3 is 10.1 Å². The van der Waals surface area contributed by atoms with Crippen molar-refractivity contribution in [3.05, 3.63) is 33.9 Å². The first-order chi connectivity index (χ1) is 9.93. The molecule has 0 aliphatic rings. The van der Waals surface area contributed by atoms with E-state index in [-0.39, 0.29) is 5.69 Å². The van der Waals surface area contributed by atoms with Crippen LogP contribution < -0.4 is 10.1 Å². The number of hydrogen-bond acceptors (Lipinski definition) is 5. The number of nitriles is 1. The van der Waals surface area contributed by atoms with E-state index in [1.165, 1.54) is 6.07 Å². The predicted molar refractivity (Wildman–Crippen MR) is 80.3 cm³/mol. The van der Waals surface area contributed by atoms with Gasteiger partial charge in [0.05, 0.1) is 23.2 Å². The second-order valence-electron chi connectivity index (χ2n) is 5.16. The normalized spacial score (nSPS) is 13.2. The first-order valence-corrected chi connectivity index (χ1v) is 6.90. The van der Waals surface area contributed by atoms with Crippen LogP contribution in [0.25, 0.3) is 0 Å². The van der Waals surface area contributed by atoms with E-state index in [1.54, 1.807) is 26.1 Å². The minimum Gasteiger partial charge on any atom is -0.493 e. The summed E-state index contributed by atoms with van der Waals surface area (Å²) in [6, 6.07) is 7.06. The highest BCUT2D eigenvalue weighted by Gasteiger charge is 2.20. The number of ether oxygens (including phenoxy) is 1. The molecular weight excluding hydrogens is 270 g/mol. The Kier molecular flexibility index (Phi) is 6.12. The van der Waals surface area contributed by atoms with Gasteiger partial charge >= 0.3 is 0 Å². The van der Waals surface area contributed by atoms with Crippen molar-refractivity contribution in [1.29, 1.82) is 5.26 Å². The number of benzene rings is 1. The van der Waals surface area contributed by atoms with E-state index in [2.05, 4.69) is 11.4 Å². The Morgan fingerprint density at radius 3 is 2.76 bits per heavy atom. The molecule has 0 heterocycles. The standard InChI is InChI=1S/C15H21N3O3/c1-12-13(18(19)20)7-6-8-14(12)21-10-5-4-9-15(2,11-16)17-3/h6-8,17H,4-5,9-10H2,1-3H3. The maximum Gasteiger partial charge on any atom is 0.276 e. The maximum atomic E-state index is 10.8. The van der Waals surface area contributed by atoms with Crippen molar-refractivity contribution < 1.29 is 9.66 Å². The highest BCUT2D eigenvalue weighted by molar-refractivity contribution is 5.48. The fourth-order valence-electron chi connectivity index (χ4n) is 1.96. The molecule has 0 radical (unpaired) electrons. The van der Waals surface area contributed by atoms with Gasteiger partial charge in [-0.3, -0.25) is 10.1 Å². The Hall–Kier alpha value is -2.13. The van der Waals surface area contributed by atoms with Crippen molar-refractivity contribution in [3.8, 4) is 11.8 Å². The lowest BCUT2D eigenvalue weighted by Gasteiger charge is -2.20. The summed E-state index contributed by atoms with van der Waals surface area (Å²) in [5, 5.41) is 22.9. The van der Waals surface area contributed by atoms with Crippen LogP contribution in [-0.2, 0) is 0 Å². The molecule has 0 aliphatic heterocycles. The fourth-order valence-corrected chi connectivity index (χ4v) is 1.96. The first-order valence-electron chi connectivity index (χ1n) is 6.90. The summed E-state index contributed by atoms with van der Waals surface area (Å²) in [6.45, 7) is 4.02. The van der Waals surface area contributed by atoms with Gasteiger partial charge in [0.1, 0.15) is 11.3 Å². The molecule has 0 aliphatic carbocycles. The van der Waals surface area contributed by atoms with E-state index in [1.807, 2.05) is 6.92 Å². The predicted octanol–water partition coefficient (Wildman–Crippen LogP) is 2.95. The Morgan fingerprint density at radius 1 is 1.48 bits per heavy atom. The Morgan fingerprint density at radius 2 is 2.19 bits per heavy atom. The molecule has 0 spiro atoms. The minimum absolute atomic E-state index is 0.0692. The summed E-state index contributed by atoms with van der Waals surface area (Å²) in [4.78, 5) is 10.4. The third-order valence-corrected chi connectivity index (χ3v) is 3.58. The molecule has 6 nitrogen and oxygen atoms in total. The molecule has 1 aromatic carbocycles. The average Bonchev–Trinajstić information content (AvgIpc) is 2.48. The number of rotatable bonds is 8. The van der Waals surface area contributed by atoms with Crippen LogP contribution >= 0.6 is 0 Å². The van der Waals surface area contributed by atoms with Crippen LogP contribution in [0.2, 0.25) is 0 Å². The summed E-state index contributed by atoms with van der Waals surface area (Å²) in [5.41, 5.74) is 0.0980. The Bertz CT molecular complexity index is 539. The van der Waals surface area contributed by atoms with Gasteiger partial charge in [-0.15, -0.1) is 0 Å². The molecule has 0 fully saturated rings. The van der Waals surface area contributed by atoms with Crippen LogP contribution in [0.3, 0.4) is 0 Å². The third-order valence-electron chi connectivity index (χ3n) is 3.58. The zero-order chi connectivity index (χ0) is 15.9. The molecule has 0 bridgehead atoms. The van der Waals surface area contributed by atoms with Crippen molar-refractivity contribution in [2.75, 3.05) is 13.7 Å². The van der Waals surface area contributed by atoms with E-state index in [4.69, 9.17) is 10.00 Å². The van der Waals surface area contributed by atoms with Gasteiger partial charge in [0, 0.05) is 6.07 Å². The van der Waals surface area contributed by atoms with Gasteiger partial charge in [-0.25, -0.2) is 0 Å². The van der Waals surface area contributed by atoms with Gasteiger partial charge in [0.2, 0.25) is 0 Å². The number of nitrogens with zero attached hydrogens (tertiary/aromatic N) is 2. The maximum absolute atomic E-state index is 10.8. The molecule has 21 heavy (non-hydrogen) atoms. The molecule has 0 saturated heterocycles. The molecule has 1 rings (SSSR count). The van der Waals surface area contributed by atoms with Gasteiger partial charge in [0.25, 0.3) is 5.69 Å². The number of unbranched alkanes of at least 4 members (excludes halogenated alkanes) is 1. The molecule has 0 aromatic heterocycles. The van der Waals surface area contributed by atoms with E-state index in [9.17, 15) is 10.1 Å². The van der Waals surface area contributed by atoms with Crippen molar-refractivity contribution in [2.24, 2.45) is 0 Å². The zero-order valence-corrected chi connectivity index (χ0v) is 12.7. The highest BCUT2D eigenvalue weighted by atomic mass is 16.6. The monoisotopic (exact) mass is 291 g/mol. The summed E-state index contributed by atoms with van der Waals surface area (Å²) < 4.78 is 5.60. The van der Waals surface area contributed by atoms with Crippen molar-refractivity contribution in [2.45, 2.75) is 38.6 Å².